The van der Waals surface area contributed by atoms with E-state index in [0.29, 0.717) is 12.9 Å². The number of unbranched alkanes of at least 4 members (excludes halogenated alkanes) is 14. The monoisotopic (exact) mass is 813 g/mol. The molecule has 1 unspecified atom stereocenters. The van der Waals surface area contributed by atoms with Crippen LogP contribution in [0.4, 0.5) is 0 Å². The van der Waals surface area contributed by atoms with Gasteiger partial charge >= 0.3 is 5.97 Å². The zero-order valence-electron chi connectivity index (χ0n) is 26.4. The summed E-state index contributed by atoms with van der Waals surface area (Å²) in [6.45, 7) is 13.4. The molecular weight excluding hydrogens is 753 g/mol. The Labute approximate surface area is 239 Å². The van der Waals surface area contributed by atoms with E-state index in [9.17, 15) is 19.2 Å². The number of hydrogen-bond donors (Lipinski definition) is 2. The van der Waals surface area contributed by atoms with Gasteiger partial charge < -0.3 is 24.9 Å². The van der Waals surface area contributed by atoms with Crippen molar-refractivity contribution in [1.29, 1.82) is 0 Å². The van der Waals surface area contributed by atoms with Gasteiger partial charge in [-0.15, -0.1) is 0 Å². The Morgan fingerprint density at radius 1 is 0.750 bits per heavy atom. The van der Waals surface area contributed by atoms with Gasteiger partial charge in [-0.1, -0.05) is 96.8 Å². The minimum Gasteiger partial charge on any atom is -0.528 e. The fourth-order valence-electron chi connectivity index (χ4n) is 3.78. The summed E-state index contributed by atoms with van der Waals surface area (Å²) in [5.74, 6) is -0.742. The van der Waals surface area contributed by atoms with Crippen LogP contribution in [-0.4, -0.2) is 48.5 Å². The number of rotatable bonds is 22. The van der Waals surface area contributed by atoms with Gasteiger partial charge in [0.25, 0.3) is 6.47 Å². The summed E-state index contributed by atoms with van der Waals surface area (Å²) in [6, 6.07) is -0.889. The molecule has 0 aromatic carbocycles. The molecule has 40 heavy (non-hydrogen) atoms. The zero-order valence-corrected chi connectivity index (χ0v) is 28.8. The van der Waals surface area contributed by atoms with Gasteiger partial charge in [0, 0.05) is 13.0 Å². The van der Waals surface area contributed by atoms with Crippen LogP contribution in [0.3, 0.4) is 0 Å². The Kier molecular flexibility index (Phi) is 27.0. The van der Waals surface area contributed by atoms with E-state index in [1.165, 1.54) is 83.5 Å². The summed E-state index contributed by atoms with van der Waals surface area (Å²) in [5.41, 5.74) is -0.971. The standard InChI is InChI=1S/C26H49N2O4.C5H10O2.Fm/c1-5-6-7-8-9-10-11-12-13-14-15-16-17-18-19-20-24(30)28-23(21-27-22-29)25(31)32-26(2,3)4;1-5(2,3)7-4-6;/h23H,5-21H2,1-4H3,(H,27,29)(H,28,30);4H,1-3H3;/q-1;;. The smallest absolute Gasteiger partial charge is 0.330 e. The number of nitrogens with one attached hydrogen (secondary N) is 2. The second-order valence-electron chi connectivity index (χ2n) is 12.2. The van der Waals surface area contributed by atoms with E-state index in [0.717, 1.165) is 19.3 Å². The van der Waals surface area contributed by atoms with Crippen molar-refractivity contribution in [3.63, 3.8) is 0 Å². The Hall–Kier alpha value is -3.12. The van der Waals surface area contributed by atoms with Gasteiger partial charge in [0.05, 0.1) is 0 Å². The summed E-state index contributed by atoms with van der Waals surface area (Å²) >= 11 is 0. The third-order valence-corrected chi connectivity index (χ3v) is 5.81. The molecule has 0 fully saturated rings. The Morgan fingerprint density at radius 2 is 1.18 bits per heavy atom. The number of carbonyl (C=O) groups is 3. The molecule has 2 N–H and O–H groups in total. The number of amides is 2. The maximum atomic E-state index is 12.2. The maximum absolute atomic E-state index is 12.2. The molecule has 1 atom stereocenters. The summed E-state index contributed by atoms with van der Waals surface area (Å²) in [5, 5.41) is 4.99. The summed E-state index contributed by atoms with van der Waals surface area (Å²) in [7, 11) is 0. The van der Waals surface area contributed by atoms with Crippen molar-refractivity contribution in [2.75, 3.05) is 6.54 Å². The van der Waals surface area contributed by atoms with Gasteiger partial charge in [0.2, 0.25) is 5.91 Å². The molecule has 0 saturated carbocycles. The molecule has 242 valence electrons. The van der Waals surface area contributed by atoms with Crippen molar-refractivity contribution in [1.82, 2.24) is 10.6 Å². The third-order valence-electron chi connectivity index (χ3n) is 5.81. The van der Waals surface area contributed by atoms with Crippen LogP contribution >= 0.6 is 0 Å². The van der Waals surface area contributed by atoms with Gasteiger partial charge in [-0.25, -0.2) is 4.79 Å². The van der Waals surface area contributed by atoms with Crippen LogP contribution in [0.1, 0.15) is 151 Å². The van der Waals surface area contributed by atoms with E-state index in [-0.39, 0.29) is 18.1 Å². The van der Waals surface area contributed by atoms with E-state index in [2.05, 4.69) is 22.3 Å². The van der Waals surface area contributed by atoms with Crippen LogP contribution in [0.5, 0.6) is 0 Å². The van der Waals surface area contributed by atoms with E-state index < -0.39 is 17.6 Å². The van der Waals surface area contributed by atoms with E-state index >= 15 is 0 Å². The second kappa shape index (κ2) is 26.1. The third kappa shape index (κ3) is 32.9. The fraction of sp³-hybridized carbons (Fsp3) is 0.871. The fourth-order valence-corrected chi connectivity index (χ4v) is 3.78. The molecule has 2 amide bonds. The van der Waals surface area contributed by atoms with E-state index in [1.807, 2.05) is 20.8 Å². The minimum absolute atomic E-state index is 0. The molecule has 0 radical (unpaired) electrons. The quantitative estimate of drug-likeness (QED) is 0.0415. The van der Waals surface area contributed by atoms with Gasteiger partial charge in [-0.2, -0.15) is 6.41 Å². The first-order valence-electron chi connectivity index (χ1n) is 15.1. The van der Waals surface area contributed by atoms with Crippen molar-refractivity contribution in [2.24, 2.45) is 0 Å². The average Bonchev–Trinajstić information content (AvgIpc) is 2.82. The first-order valence-corrected chi connectivity index (χ1v) is 15.1. The van der Waals surface area contributed by atoms with Crippen LogP contribution < -0.4 is 10.6 Å². The molecule has 0 heterocycles. The number of ether oxygens (including phenoxy) is 2. The molecule has 8 nitrogen and oxygen atoms in total. The number of hydrogen-bond acceptors (Lipinski definition) is 6. The Bertz CT molecular complexity index is 632. The Morgan fingerprint density at radius 3 is 1.50 bits per heavy atom. The molecule has 0 aromatic rings. The molecular formula is C31H59FmN2O6-. The van der Waals surface area contributed by atoms with Crippen molar-refractivity contribution in [3.8, 4) is 0 Å². The summed E-state index contributed by atoms with van der Waals surface area (Å²) in [6.07, 6.45) is 21.1. The van der Waals surface area contributed by atoms with Crippen molar-refractivity contribution < 1.29 is 28.7 Å². The van der Waals surface area contributed by atoms with E-state index in [1.54, 1.807) is 20.8 Å². The SMILES string of the molecule is CC(C)(C)OC=O.CCCCCCCCCCCCCCCCCC(=O)NC(CN[C-]=O)C(=O)OC(C)(C)C.[Fm]. The topological polar surface area (TPSA) is 111 Å². The van der Waals surface area contributed by atoms with Gasteiger partial charge in [0.15, 0.2) is 0 Å². The molecule has 0 rings (SSSR count). The number of carbonyl (C=O) groups excluding carboxylic acids is 4. The van der Waals surface area contributed by atoms with Gasteiger partial charge in [0.1, 0.15) is 17.2 Å². The molecule has 0 bridgehead atoms. The second-order valence-corrected chi connectivity index (χ2v) is 12.2. The van der Waals surface area contributed by atoms with Crippen LogP contribution in [0, 0.1) is 0 Å². The predicted molar refractivity (Wildman–Crippen MR) is 158 cm³/mol. The van der Waals surface area contributed by atoms with Crippen molar-refractivity contribution in [3.05, 3.63) is 0 Å². The molecule has 0 saturated heterocycles. The minimum atomic E-state index is -0.889. The van der Waals surface area contributed by atoms with Crippen molar-refractivity contribution in [2.45, 2.75) is 168 Å². The zero-order chi connectivity index (χ0) is 30.0. The number of esters is 1. The van der Waals surface area contributed by atoms with Crippen LogP contribution in [0.15, 0.2) is 0 Å². The first kappa shape index (κ1) is 41.4. The molecule has 9 heteroatoms. The largest absolute Gasteiger partial charge is 0.528 e. The first-order chi connectivity index (χ1) is 18.4. The van der Waals surface area contributed by atoms with Crippen molar-refractivity contribution >= 4 is 24.8 Å². The molecule has 0 aliphatic heterocycles. The van der Waals surface area contributed by atoms with Gasteiger partial charge in [-0.3, -0.25) is 9.59 Å². The molecule has 0 aliphatic rings. The van der Waals surface area contributed by atoms with Crippen LogP contribution in [-0.2, 0) is 28.7 Å². The molecule has 0 spiro atoms. The molecule has 0 aliphatic carbocycles. The predicted octanol–water partition coefficient (Wildman–Crippen LogP) is 6.69. The van der Waals surface area contributed by atoms with Gasteiger partial charge in [-0.05, 0) is 48.0 Å². The summed E-state index contributed by atoms with van der Waals surface area (Å²) in [4.78, 5) is 44.4. The maximum Gasteiger partial charge on any atom is 0.330 e. The van der Waals surface area contributed by atoms with Crippen LogP contribution in [0.2, 0.25) is 0 Å². The van der Waals surface area contributed by atoms with E-state index in [4.69, 9.17) is 4.74 Å². The normalized spacial score (nSPS) is 11.7. The summed E-state index contributed by atoms with van der Waals surface area (Å²) < 4.78 is 9.85. The average molecular weight is 813 g/mol. The molecule has 0 aromatic heterocycles. The Balaban J connectivity index is -0.00000150. The van der Waals surface area contributed by atoms with Crippen LogP contribution in [0.25, 0.3) is 0 Å².